The molecule has 0 aromatic heterocycles. The molecule has 4 heteroatoms. The summed E-state index contributed by atoms with van der Waals surface area (Å²) in [4.78, 5) is 13.5. The SMILES string of the molecule is CCCC1(C(=O)O)CCN(CCCN)C1. The number of nitrogens with zero attached hydrogens (tertiary/aromatic N) is 1. The van der Waals surface area contributed by atoms with Gasteiger partial charge in [0.2, 0.25) is 0 Å². The van der Waals surface area contributed by atoms with Crippen LogP contribution in [0.2, 0.25) is 0 Å². The molecule has 4 nitrogen and oxygen atoms in total. The summed E-state index contributed by atoms with van der Waals surface area (Å²) in [6.07, 6.45) is 3.49. The van der Waals surface area contributed by atoms with Gasteiger partial charge in [0.25, 0.3) is 0 Å². The van der Waals surface area contributed by atoms with E-state index in [2.05, 4.69) is 4.90 Å². The molecular formula is C11H22N2O2. The molecule has 15 heavy (non-hydrogen) atoms. The normalized spacial score (nSPS) is 27.1. The lowest BCUT2D eigenvalue weighted by molar-refractivity contribution is -0.148. The van der Waals surface area contributed by atoms with Crippen LogP contribution in [0.1, 0.15) is 32.6 Å². The molecule has 1 unspecified atom stereocenters. The zero-order chi connectivity index (χ0) is 11.3. The van der Waals surface area contributed by atoms with Crippen LogP contribution in [0.15, 0.2) is 0 Å². The summed E-state index contributed by atoms with van der Waals surface area (Å²) in [7, 11) is 0. The van der Waals surface area contributed by atoms with Gasteiger partial charge in [-0.15, -0.1) is 0 Å². The molecule has 0 aromatic rings. The Morgan fingerprint density at radius 3 is 2.87 bits per heavy atom. The zero-order valence-electron chi connectivity index (χ0n) is 9.54. The fraction of sp³-hybridized carbons (Fsp3) is 0.909. The molecule has 1 atom stereocenters. The highest BCUT2D eigenvalue weighted by molar-refractivity contribution is 5.75. The molecule has 0 bridgehead atoms. The van der Waals surface area contributed by atoms with E-state index in [4.69, 9.17) is 5.73 Å². The van der Waals surface area contributed by atoms with E-state index in [-0.39, 0.29) is 0 Å². The van der Waals surface area contributed by atoms with E-state index in [9.17, 15) is 9.90 Å². The molecule has 1 rings (SSSR count). The lowest BCUT2D eigenvalue weighted by Gasteiger charge is -2.24. The Balaban J connectivity index is 2.52. The lowest BCUT2D eigenvalue weighted by atomic mass is 9.83. The maximum absolute atomic E-state index is 11.3. The first kappa shape index (κ1) is 12.5. The highest BCUT2D eigenvalue weighted by Gasteiger charge is 2.43. The van der Waals surface area contributed by atoms with Crippen molar-refractivity contribution in [2.45, 2.75) is 32.6 Å². The van der Waals surface area contributed by atoms with Crippen molar-refractivity contribution in [2.75, 3.05) is 26.2 Å². The largest absolute Gasteiger partial charge is 0.481 e. The van der Waals surface area contributed by atoms with Gasteiger partial charge in [0.05, 0.1) is 5.41 Å². The van der Waals surface area contributed by atoms with E-state index in [1.165, 1.54) is 0 Å². The van der Waals surface area contributed by atoms with Gasteiger partial charge in [-0.1, -0.05) is 13.3 Å². The molecule has 0 amide bonds. The molecule has 1 aliphatic rings. The quantitative estimate of drug-likeness (QED) is 0.689. The predicted octanol–water partition coefficient (Wildman–Crippen LogP) is 0.912. The zero-order valence-corrected chi connectivity index (χ0v) is 9.54. The first-order valence-electron chi connectivity index (χ1n) is 5.80. The van der Waals surface area contributed by atoms with Crippen LogP contribution >= 0.6 is 0 Å². The monoisotopic (exact) mass is 214 g/mol. The number of likely N-dealkylation sites (tertiary alicyclic amines) is 1. The first-order valence-corrected chi connectivity index (χ1v) is 5.80. The third-order valence-electron chi connectivity index (χ3n) is 3.29. The number of nitrogens with two attached hydrogens (primary N) is 1. The number of aliphatic carboxylic acids is 1. The molecule has 0 radical (unpaired) electrons. The van der Waals surface area contributed by atoms with Crippen LogP contribution in [0.25, 0.3) is 0 Å². The Morgan fingerprint density at radius 2 is 2.33 bits per heavy atom. The number of carboxylic acid groups (broad SMARTS) is 1. The highest BCUT2D eigenvalue weighted by atomic mass is 16.4. The van der Waals surface area contributed by atoms with Gasteiger partial charge in [0.15, 0.2) is 0 Å². The summed E-state index contributed by atoms with van der Waals surface area (Å²) in [5, 5.41) is 9.29. The van der Waals surface area contributed by atoms with E-state index in [1.54, 1.807) is 0 Å². The second-order valence-corrected chi connectivity index (χ2v) is 4.50. The smallest absolute Gasteiger partial charge is 0.310 e. The van der Waals surface area contributed by atoms with Gasteiger partial charge in [-0.25, -0.2) is 0 Å². The van der Waals surface area contributed by atoms with Crippen molar-refractivity contribution in [3.8, 4) is 0 Å². The molecule has 0 aromatic carbocycles. The topological polar surface area (TPSA) is 66.6 Å². The summed E-state index contributed by atoms with van der Waals surface area (Å²) < 4.78 is 0. The average molecular weight is 214 g/mol. The van der Waals surface area contributed by atoms with E-state index >= 15 is 0 Å². The van der Waals surface area contributed by atoms with Gasteiger partial charge < -0.3 is 15.7 Å². The van der Waals surface area contributed by atoms with Crippen LogP contribution in [-0.4, -0.2) is 42.2 Å². The van der Waals surface area contributed by atoms with E-state index in [0.717, 1.165) is 38.8 Å². The maximum atomic E-state index is 11.3. The van der Waals surface area contributed by atoms with Crippen LogP contribution in [0.4, 0.5) is 0 Å². The average Bonchev–Trinajstić information content (AvgIpc) is 2.60. The van der Waals surface area contributed by atoms with Crippen LogP contribution in [0, 0.1) is 5.41 Å². The summed E-state index contributed by atoms with van der Waals surface area (Å²) in [5.74, 6) is -0.625. The van der Waals surface area contributed by atoms with Gasteiger partial charge in [-0.05, 0) is 38.9 Å². The maximum Gasteiger partial charge on any atom is 0.310 e. The third kappa shape index (κ3) is 2.92. The summed E-state index contributed by atoms with van der Waals surface area (Å²) >= 11 is 0. The van der Waals surface area contributed by atoms with E-state index < -0.39 is 11.4 Å². The van der Waals surface area contributed by atoms with Crippen molar-refractivity contribution in [3.05, 3.63) is 0 Å². The van der Waals surface area contributed by atoms with Crippen molar-refractivity contribution in [3.63, 3.8) is 0 Å². The van der Waals surface area contributed by atoms with Crippen LogP contribution < -0.4 is 5.73 Å². The van der Waals surface area contributed by atoms with Crippen molar-refractivity contribution < 1.29 is 9.90 Å². The van der Waals surface area contributed by atoms with E-state index in [0.29, 0.717) is 13.1 Å². The number of hydrogen-bond acceptors (Lipinski definition) is 3. The van der Waals surface area contributed by atoms with Crippen molar-refractivity contribution in [2.24, 2.45) is 11.1 Å². The minimum absolute atomic E-state index is 0.483. The summed E-state index contributed by atoms with van der Waals surface area (Å²) in [6.45, 7) is 5.29. The van der Waals surface area contributed by atoms with Crippen molar-refractivity contribution in [1.29, 1.82) is 0 Å². The first-order chi connectivity index (χ1) is 7.14. The minimum atomic E-state index is -0.625. The Morgan fingerprint density at radius 1 is 1.60 bits per heavy atom. The van der Waals surface area contributed by atoms with Gasteiger partial charge in [0.1, 0.15) is 0 Å². The molecule has 0 spiro atoms. The molecule has 1 fully saturated rings. The fourth-order valence-corrected chi connectivity index (χ4v) is 2.43. The Labute approximate surface area is 91.4 Å². The Kier molecular flexibility index (Phi) is 4.54. The number of rotatable bonds is 6. The molecular weight excluding hydrogens is 192 g/mol. The Hall–Kier alpha value is -0.610. The van der Waals surface area contributed by atoms with Crippen LogP contribution in [0.5, 0.6) is 0 Å². The number of carboxylic acids is 1. The lowest BCUT2D eigenvalue weighted by Crippen LogP contribution is -2.35. The molecule has 3 N–H and O–H groups in total. The minimum Gasteiger partial charge on any atom is -0.481 e. The van der Waals surface area contributed by atoms with Crippen LogP contribution in [-0.2, 0) is 4.79 Å². The third-order valence-corrected chi connectivity index (χ3v) is 3.29. The van der Waals surface area contributed by atoms with Gasteiger partial charge >= 0.3 is 5.97 Å². The second kappa shape index (κ2) is 5.47. The van der Waals surface area contributed by atoms with Crippen LogP contribution in [0.3, 0.4) is 0 Å². The predicted molar refractivity (Wildman–Crippen MR) is 59.7 cm³/mol. The van der Waals surface area contributed by atoms with Gasteiger partial charge in [-0.2, -0.15) is 0 Å². The molecule has 0 aliphatic carbocycles. The fourth-order valence-electron chi connectivity index (χ4n) is 2.43. The molecule has 0 saturated carbocycles. The summed E-state index contributed by atoms with van der Waals surface area (Å²) in [5.41, 5.74) is 4.97. The van der Waals surface area contributed by atoms with E-state index in [1.807, 2.05) is 6.92 Å². The Bertz CT molecular complexity index is 221. The number of carbonyl (C=O) groups is 1. The standard InChI is InChI=1S/C11H22N2O2/c1-2-4-11(10(14)15)5-8-13(9-11)7-3-6-12/h2-9,12H2,1H3,(H,14,15). The molecule has 1 saturated heterocycles. The van der Waals surface area contributed by atoms with Crippen molar-refractivity contribution in [1.82, 2.24) is 4.90 Å². The molecule has 1 heterocycles. The molecule has 88 valence electrons. The number of hydrogen-bond donors (Lipinski definition) is 2. The second-order valence-electron chi connectivity index (χ2n) is 4.50. The highest BCUT2D eigenvalue weighted by Crippen LogP contribution is 2.35. The van der Waals surface area contributed by atoms with Gasteiger partial charge in [0, 0.05) is 6.54 Å². The van der Waals surface area contributed by atoms with Gasteiger partial charge in [-0.3, -0.25) is 4.79 Å². The molecule has 1 aliphatic heterocycles. The van der Waals surface area contributed by atoms with Crippen molar-refractivity contribution >= 4 is 5.97 Å². The summed E-state index contributed by atoms with van der Waals surface area (Å²) in [6, 6.07) is 0.